The number of anilines is 2. The number of nitrogen functional groups attached to an aromatic ring is 1. The summed E-state index contributed by atoms with van der Waals surface area (Å²) in [5.74, 6) is 0.0167. The normalized spacial score (nSPS) is 10.6. The van der Waals surface area contributed by atoms with Crippen LogP contribution in [-0.2, 0) is 0 Å². The van der Waals surface area contributed by atoms with Gasteiger partial charge in [-0.25, -0.2) is 0 Å². The molecule has 1 aromatic heterocycles. The topological polar surface area (TPSA) is 81.6 Å². The summed E-state index contributed by atoms with van der Waals surface area (Å²) >= 11 is 1.25. The molecule has 0 radical (unpaired) electrons. The number of carbonyl (C=O) groups excluding carboxylic acids is 1. The summed E-state index contributed by atoms with van der Waals surface area (Å²) in [6.45, 7) is 3.81. The molecule has 0 fully saturated rings. The number of hydrogen-bond acceptors (Lipinski definition) is 5. The maximum absolute atomic E-state index is 11.2. The van der Waals surface area contributed by atoms with E-state index in [4.69, 9.17) is 16.2 Å². The summed E-state index contributed by atoms with van der Waals surface area (Å²) in [6.07, 6.45) is -0.00340. The molecule has 0 aromatic carbocycles. The zero-order valence-corrected chi connectivity index (χ0v) is 10.7. The van der Waals surface area contributed by atoms with Crippen molar-refractivity contribution in [2.45, 2.75) is 20.0 Å². The molecule has 90 valence electrons. The van der Waals surface area contributed by atoms with Crippen LogP contribution in [0, 0.1) is 0 Å². The summed E-state index contributed by atoms with van der Waals surface area (Å²) < 4.78 is 5.60. The lowest BCUT2D eigenvalue weighted by atomic mass is 10.3. The minimum atomic E-state index is -0.524. The number of primary amides is 1. The van der Waals surface area contributed by atoms with Gasteiger partial charge in [0, 0.05) is 14.1 Å². The summed E-state index contributed by atoms with van der Waals surface area (Å²) in [5, 5.41) is 0.806. The fourth-order valence-corrected chi connectivity index (χ4v) is 2.17. The second kappa shape index (κ2) is 4.61. The first kappa shape index (κ1) is 12.6. The van der Waals surface area contributed by atoms with Gasteiger partial charge in [-0.3, -0.25) is 4.79 Å². The molecule has 0 saturated heterocycles. The number of nitrogens with zero attached hydrogens (tertiary/aromatic N) is 1. The quantitative estimate of drug-likeness (QED) is 0.834. The van der Waals surface area contributed by atoms with Crippen LogP contribution >= 0.6 is 11.3 Å². The lowest BCUT2D eigenvalue weighted by Crippen LogP contribution is -2.13. The first-order valence-electron chi connectivity index (χ1n) is 4.90. The van der Waals surface area contributed by atoms with Crippen molar-refractivity contribution in [3.05, 3.63) is 4.88 Å². The van der Waals surface area contributed by atoms with Gasteiger partial charge in [-0.05, 0) is 13.8 Å². The zero-order valence-electron chi connectivity index (χ0n) is 9.90. The van der Waals surface area contributed by atoms with Crippen molar-refractivity contribution in [1.29, 1.82) is 0 Å². The molecule has 0 aliphatic heterocycles. The molecule has 0 bridgehead atoms. The van der Waals surface area contributed by atoms with Gasteiger partial charge in [0.25, 0.3) is 5.91 Å². The van der Waals surface area contributed by atoms with E-state index in [2.05, 4.69) is 0 Å². The van der Waals surface area contributed by atoms with E-state index in [0.717, 1.165) is 5.00 Å². The van der Waals surface area contributed by atoms with Gasteiger partial charge in [0.2, 0.25) is 0 Å². The van der Waals surface area contributed by atoms with Crippen LogP contribution in [0.1, 0.15) is 23.5 Å². The average molecular weight is 243 g/mol. The Morgan fingerprint density at radius 3 is 2.38 bits per heavy atom. The van der Waals surface area contributed by atoms with Crippen molar-refractivity contribution in [1.82, 2.24) is 0 Å². The molecule has 0 spiro atoms. The highest BCUT2D eigenvalue weighted by Crippen LogP contribution is 2.44. The van der Waals surface area contributed by atoms with Gasteiger partial charge in [0.1, 0.15) is 15.6 Å². The Bertz CT molecular complexity index is 399. The van der Waals surface area contributed by atoms with Gasteiger partial charge in [-0.1, -0.05) is 0 Å². The van der Waals surface area contributed by atoms with Crippen molar-refractivity contribution in [3.8, 4) is 5.75 Å². The van der Waals surface area contributed by atoms with Crippen molar-refractivity contribution < 1.29 is 9.53 Å². The predicted octanol–water partition coefficient (Wildman–Crippen LogP) is 1.28. The summed E-state index contributed by atoms with van der Waals surface area (Å²) in [5.41, 5.74) is 11.4. The van der Waals surface area contributed by atoms with Crippen LogP contribution in [0.25, 0.3) is 0 Å². The molecule has 0 aliphatic rings. The Hall–Kier alpha value is -1.43. The number of amides is 1. The lowest BCUT2D eigenvalue weighted by molar-refractivity contribution is 0.100. The Kier molecular flexibility index (Phi) is 3.64. The van der Waals surface area contributed by atoms with E-state index in [1.165, 1.54) is 11.3 Å². The minimum absolute atomic E-state index is 0.00340. The number of thiophene rings is 1. The standard InChI is InChI=1S/C10H17N3O2S/c1-5(2)15-7-6(11)8(9(12)14)16-10(7)13(3)4/h5H,11H2,1-4H3,(H2,12,14). The third-order valence-electron chi connectivity index (χ3n) is 1.87. The highest BCUT2D eigenvalue weighted by molar-refractivity contribution is 7.19. The Balaban J connectivity index is 3.26. The maximum atomic E-state index is 11.2. The fraction of sp³-hybridized carbons (Fsp3) is 0.500. The third-order valence-corrected chi connectivity index (χ3v) is 3.23. The van der Waals surface area contributed by atoms with Gasteiger partial charge in [0.05, 0.1) is 6.10 Å². The molecule has 6 heteroatoms. The van der Waals surface area contributed by atoms with Crippen molar-refractivity contribution in [2.24, 2.45) is 5.73 Å². The Morgan fingerprint density at radius 2 is 2.00 bits per heavy atom. The average Bonchev–Trinajstić information content (AvgIpc) is 2.43. The van der Waals surface area contributed by atoms with Gasteiger partial charge < -0.3 is 21.1 Å². The van der Waals surface area contributed by atoms with Gasteiger partial charge >= 0.3 is 0 Å². The van der Waals surface area contributed by atoms with Crippen molar-refractivity contribution in [3.63, 3.8) is 0 Å². The second-order valence-corrected chi connectivity index (χ2v) is 4.90. The molecule has 1 aromatic rings. The molecule has 0 atom stereocenters. The van der Waals surface area contributed by atoms with E-state index in [0.29, 0.717) is 16.3 Å². The van der Waals surface area contributed by atoms with Crippen LogP contribution in [-0.4, -0.2) is 26.1 Å². The molecule has 1 heterocycles. The molecular formula is C10H17N3O2S. The molecule has 4 N–H and O–H groups in total. The highest BCUT2D eigenvalue weighted by Gasteiger charge is 2.22. The number of hydrogen-bond donors (Lipinski definition) is 2. The molecule has 0 aliphatic carbocycles. The first-order chi connectivity index (χ1) is 7.34. The molecule has 0 saturated carbocycles. The van der Waals surface area contributed by atoms with Gasteiger partial charge in [0.15, 0.2) is 5.75 Å². The molecule has 5 nitrogen and oxygen atoms in total. The number of nitrogens with two attached hydrogens (primary N) is 2. The number of carbonyl (C=O) groups is 1. The number of ether oxygens (including phenoxy) is 1. The summed E-state index contributed by atoms with van der Waals surface area (Å²) in [4.78, 5) is 13.4. The van der Waals surface area contributed by atoms with Crippen molar-refractivity contribution in [2.75, 3.05) is 24.7 Å². The van der Waals surface area contributed by atoms with E-state index in [1.807, 2.05) is 32.8 Å². The van der Waals surface area contributed by atoms with E-state index >= 15 is 0 Å². The van der Waals surface area contributed by atoms with Crippen LogP contribution < -0.4 is 21.1 Å². The van der Waals surface area contributed by atoms with E-state index in [1.54, 1.807) is 0 Å². The summed E-state index contributed by atoms with van der Waals surface area (Å²) in [6, 6.07) is 0. The van der Waals surface area contributed by atoms with E-state index in [-0.39, 0.29) is 6.10 Å². The Morgan fingerprint density at radius 1 is 1.44 bits per heavy atom. The smallest absolute Gasteiger partial charge is 0.261 e. The van der Waals surface area contributed by atoms with Gasteiger partial charge in [-0.2, -0.15) is 0 Å². The fourth-order valence-electron chi connectivity index (χ4n) is 1.24. The highest BCUT2D eigenvalue weighted by atomic mass is 32.1. The molecule has 16 heavy (non-hydrogen) atoms. The van der Waals surface area contributed by atoms with Crippen LogP contribution in [0.3, 0.4) is 0 Å². The minimum Gasteiger partial charge on any atom is -0.486 e. The third kappa shape index (κ3) is 2.38. The molecule has 0 unspecified atom stereocenters. The predicted molar refractivity (Wildman–Crippen MR) is 67.3 cm³/mol. The van der Waals surface area contributed by atoms with Gasteiger partial charge in [-0.15, -0.1) is 11.3 Å². The second-order valence-electron chi connectivity index (χ2n) is 3.90. The Labute approximate surface area is 99.0 Å². The van der Waals surface area contributed by atoms with Crippen LogP contribution in [0.5, 0.6) is 5.75 Å². The summed E-state index contributed by atoms with van der Waals surface area (Å²) in [7, 11) is 3.73. The van der Waals surface area contributed by atoms with E-state index in [9.17, 15) is 4.79 Å². The van der Waals surface area contributed by atoms with E-state index < -0.39 is 5.91 Å². The molecule has 1 amide bonds. The van der Waals surface area contributed by atoms with Crippen LogP contribution in [0.4, 0.5) is 10.7 Å². The lowest BCUT2D eigenvalue weighted by Gasteiger charge is -2.15. The zero-order chi connectivity index (χ0) is 12.5. The maximum Gasteiger partial charge on any atom is 0.261 e. The molecule has 1 rings (SSSR count). The SMILES string of the molecule is CC(C)Oc1c(N(C)C)sc(C(N)=O)c1N. The number of rotatable bonds is 4. The van der Waals surface area contributed by atoms with Crippen LogP contribution in [0.2, 0.25) is 0 Å². The monoisotopic (exact) mass is 243 g/mol. The van der Waals surface area contributed by atoms with Crippen molar-refractivity contribution >= 4 is 27.9 Å². The van der Waals surface area contributed by atoms with Crippen LogP contribution in [0.15, 0.2) is 0 Å². The largest absolute Gasteiger partial charge is 0.486 e. The first-order valence-corrected chi connectivity index (χ1v) is 5.72. The molecular weight excluding hydrogens is 226 g/mol.